The Balaban J connectivity index is 1.61. The normalized spacial score (nSPS) is 11.0. The van der Waals surface area contributed by atoms with Gasteiger partial charge in [0, 0.05) is 16.9 Å². The molecule has 0 aliphatic heterocycles. The fraction of sp³-hybridized carbons (Fsp3) is 0.190. The van der Waals surface area contributed by atoms with Gasteiger partial charge in [-0.2, -0.15) is 0 Å². The minimum absolute atomic E-state index is 0.0601. The highest BCUT2D eigenvalue weighted by Crippen LogP contribution is 2.22. The number of anilines is 3. The maximum atomic E-state index is 12.6. The predicted octanol–water partition coefficient (Wildman–Crippen LogP) is 4.08. The van der Waals surface area contributed by atoms with Crippen LogP contribution in [0.4, 0.5) is 17.3 Å². The van der Waals surface area contributed by atoms with Gasteiger partial charge in [0.15, 0.2) is 5.11 Å². The molecule has 2 aromatic carbocycles. The third-order valence-corrected chi connectivity index (χ3v) is 6.01. The minimum atomic E-state index is -3.83. The minimum Gasteiger partial charge on any atom is -0.462 e. The maximum absolute atomic E-state index is 12.6. The summed E-state index contributed by atoms with van der Waals surface area (Å²) in [7, 11) is -3.83. The lowest BCUT2D eigenvalue weighted by atomic mass is 10.2. The van der Waals surface area contributed by atoms with Crippen LogP contribution in [0.3, 0.4) is 0 Å². The number of ether oxygens (including phenoxy) is 1. The molecule has 0 aliphatic carbocycles. The maximum Gasteiger partial charge on any atom is 0.338 e. The first-order chi connectivity index (χ1) is 15.2. The van der Waals surface area contributed by atoms with E-state index in [2.05, 4.69) is 20.5 Å². The number of thiocarbonyl (C=S) groups is 1. The van der Waals surface area contributed by atoms with E-state index in [0.29, 0.717) is 39.9 Å². The number of nitrogens with zero attached hydrogens (tertiary/aromatic N) is 1. The molecule has 0 atom stereocenters. The van der Waals surface area contributed by atoms with Crippen molar-refractivity contribution in [3.63, 3.8) is 0 Å². The fourth-order valence-corrected chi connectivity index (χ4v) is 3.89. The van der Waals surface area contributed by atoms with Crippen molar-refractivity contribution in [1.82, 2.24) is 5.16 Å². The number of sulfonamides is 1. The Bertz CT molecular complexity index is 1220. The van der Waals surface area contributed by atoms with E-state index in [0.717, 1.165) is 0 Å². The third-order valence-electron chi connectivity index (χ3n) is 4.46. The Hall–Kier alpha value is -3.44. The van der Waals surface area contributed by atoms with Gasteiger partial charge < -0.3 is 19.9 Å². The van der Waals surface area contributed by atoms with Crippen molar-refractivity contribution in [1.29, 1.82) is 0 Å². The van der Waals surface area contributed by atoms with Gasteiger partial charge in [-0.05, 0) is 81.5 Å². The smallest absolute Gasteiger partial charge is 0.338 e. The highest BCUT2D eigenvalue weighted by Gasteiger charge is 2.19. The molecule has 1 heterocycles. The lowest BCUT2D eigenvalue weighted by molar-refractivity contribution is 0.0526. The third kappa shape index (κ3) is 5.62. The van der Waals surface area contributed by atoms with Crippen LogP contribution in [0.5, 0.6) is 0 Å². The average molecular weight is 475 g/mol. The van der Waals surface area contributed by atoms with E-state index < -0.39 is 16.0 Å². The monoisotopic (exact) mass is 474 g/mol. The van der Waals surface area contributed by atoms with Crippen LogP contribution in [0.15, 0.2) is 57.9 Å². The van der Waals surface area contributed by atoms with Gasteiger partial charge in [0.2, 0.25) is 5.88 Å². The molecule has 0 aliphatic rings. The van der Waals surface area contributed by atoms with Gasteiger partial charge in [0.05, 0.1) is 22.8 Å². The van der Waals surface area contributed by atoms with Gasteiger partial charge in [-0.15, -0.1) is 0 Å². The topological polar surface area (TPSA) is 123 Å². The summed E-state index contributed by atoms with van der Waals surface area (Å²) in [5.74, 6) is -0.304. The van der Waals surface area contributed by atoms with E-state index in [1.807, 2.05) is 0 Å². The van der Waals surface area contributed by atoms with Gasteiger partial charge in [-0.3, -0.25) is 0 Å². The van der Waals surface area contributed by atoms with Gasteiger partial charge >= 0.3 is 5.97 Å². The van der Waals surface area contributed by atoms with E-state index in [1.54, 1.807) is 57.2 Å². The molecule has 3 N–H and O–H groups in total. The van der Waals surface area contributed by atoms with Gasteiger partial charge in [-0.1, -0.05) is 5.16 Å². The molecule has 3 aromatic rings. The summed E-state index contributed by atoms with van der Waals surface area (Å²) in [6.07, 6.45) is 0. The lowest BCUT2D eigenvalue weighted by Gasteiger charge is -2.12. The number of aromatic nitrogens is 1. The summed E-state index contributed by atoms with van der Waals surface area (Å²) in [4.78, 5) is 11.8. The number of benzene rings is 2. The highest BCUT2D eigenvalue weighted by atomic mass is 32.2. The van der Waals surface area contributed by atoms with Crippen LogP contribution >= 0.6 is 12.2 Å². The second kappa shape index (κ2) is 9.79. The Morgan fingerprint density at radius 3 is 2.09 bits per heavy atom. The van der Waals surface area contributed by atoms with Gasteiger partial charge in [0.1, 0.15) is 0 Å². The zero-order chi connectivity index (χ0) is 23.3. The van der Waals surface area contributed by atoms with E-state index >= 15 is 0 Å². The second-order valence-electron chi connectivity index (χ2n) is 6.73. The quantitative estimate of drug-likeness (QED) is 0.343. The molecular formula is C21H22N4O5S2. The number of esters is 1. The van der Waals surface area contributed by atoms with Crippen LogP contribution in [0.1, 0.15) is 28.5 Å². The zero-order valence-corrected chi connectivity index (χ0v) is 19.3. The Morgan fingerprint density at radius 2 is 1.59 bits per heavy atom. The average Bonchev–Trinajstić information content (AvgIpc) is 3.06. The van der Waals surface area contributed by atoms with Crippen LogP contribution in [-0.2, 0) is 14.8 Å². The molecule has 0 spiro atoms. The van der Waals surface area contributed by atoms with E-state index in [-0.39, 0.29) is 10.8 Å². The fourth-order valence-electron chi connectivity index (χ4n) is 2.61. The largest absolute Gasteiger partial charge is 0.462 e. The lowest BCUT2D eigenvalue weighted by Crippen LogP contribution is -2.19. The molecule has 11 heteroatoms. The van der Waals surface area contributed by atoms with E-state index in [4.69, 9.17) is 21.5 Å². The van der Waals surface area contributed by atoms with Crippen molar-refractivity contribution in [2.24, 2.45) is 0 Å². The van der Waals surface area contributed by atoms with Crippen molar-refractivity contribution in [3.8, 4) is 0 Å². The van der Waals surface area contributed by atoms with Crippen molar-refractivity contribution in [2.45, 2.75) is 25.7 Å². The molecule has 0 bridgehead atoms. The first-order valence-corrected chi connectivity index (χ1v) is 11.5. The van der Waals surface area contributed by atoms with E-state index in [1.165, 1.54) is 12.1 Å². The summed E-state index contributed by atoms with van der Waals surface area (Å²) in [6, 6.07) is 12.7. The molecule has 0 unspecified atom stereocenters. The van der Waals surface area contributed by atoms with Crippen LogP contribution in [0.2, 0.25) is 0 Å². The number of carbonyl (C=O) groups is 1. The first kappa shape index (κ1) is 23.2. The second-order valence-corrected chi connectivity index (χ2v) is 8.82. The first-order valence-electron chi connectivity index (χ1n) is 9.60. The molecule has 1 aromatic heterocycles. The molecule has 32 heavy (non-hydrogen) atoms. The van der Waals surface area contributed by atoms with Crippen LogP contribution in [0.25, 0.3) is 0 Å². The molecule has 0 radical (unpaired) electrons. The zero-order valence-electron chi connectivity index (χ0n) is 17.6. The molecule has 0 amide bonds. The summed E-state index contributed by atoms with van der Waals surface area (Å²) in [6.45, 7) is 5.49. The molecule has 3 rings (SSSR count). The number of rotatable bonds is 7. The Morgan fingerprint density at radius 1 is 1.03 bits per heavy atom. The number of hydrogen-bond donors (Lipinski definition) is 3. The van der Waals surface area contributed by atoms with Gasteiger partial charge in [0.25, 0.3) is 10.0 Å². The molecule has 0 saturated heterocycles. The molecule has 0 saturated carbocycles. The Kier molecular flexibility index (Phi) is 7.11. The van der Waals surface area contributed by atoms with Crippen molar-refractivity contribution < 1.29 is 22.5 Å². The van der Waals surface area contributed by atoms with Gasteiger partial charge in [-0.25, -0.2) is 17.9 Å². The summed E-state index contributed by atoms with van der Waals surface area (Å²) >= 11 is 5.29. The van der Waals surface area contributed by atoms with Crippen molar-refractivity contribution in [3.05, 3.63) is 65.4 Å². The summed E-state index contributed by atoms with van der Waals surface area (Å²) < 4.78 is 37.5. The van der Waals surface area contributed by atoms with Crippen LogP contribution < -0.4 is 15.4 Å². The summed E-state index contributed by atoms with van der Waals surface area (Å²) in [5.41, 5.74) is 2.95. The molecule has 0 fully saturated rings. The standard InChI is InChI=1S/C21H22N4O5S2/c1-4-29-20(26)15-5-7-16(8-6-15)22-21(31)23-17-9-11-18(12-10-17)32(27,28)25-19-13(2)14(3)24-30-19/h5-12,25H,4H2,1-3H3,(H2,22,23,31). The number of carbonyl (C=O) groups excluding carboxylic acids is 1. The highest BCUT2D eigenvalue weighted by molar-refractivity contribution is 7.92. The van der Waals surface area contributed by atoms with Crippen molar-refractivity contribution >= 4 is 50.6 Å². The van der Waals surface area contributed by atoms with Crippen LogP contribution in [0, 0.1) is 13.8 Å². The molecule has 168 valence electrons. The number of nitrogens with one attached hydrogen (secondary N) is 3. The number of aryl methyl sites for hydroxylation is 1. The number of hydrogen-bond acceptors (Lipinski definition) is 7. The van der Waals surface area contributed by atoms with Crippen LogP contribution in [-0.4, -0.2) is 31.3 Å². The summed E-state index contributed by atoms with van der Waals surface area (Å²) in [5, 5.41) is 10.0. The predicted molar refractivity (Wildman–Crippen MR) is 125 cm³/mol. The molecule has 9 nitrogen and oxygen atoms in total. The Labute approximate surface area is 191 Å². The molecular weight excluding hydrogens is 452 g/mol. The van der Waals surface area contributed by atoms with E-state index in [9.17, 15) is 13.2 Å². The SMILES string of the molecule is CCOC(=O)c1ccc(NC(=S)Nc2ccc(S(=O)(=O)Nc3onc(C)c3C)cc2)cc1. The van der Waals surface area contributed by atoms with Crippen molar-refractivity contribution in [2.75, 3.05) is 22.0 Å².